The second-order valence-corrected chi connectivity index (χ2v) is 12.2. The van der Waals surface area contributed by atoms with E-state index in [1.165, 1.54) is 44.9 Å². The predicted octanol–water partition coefficient (Wildman–Crippen LogP) is 5.00. The Balaban J connectivity index is 1.25. The zero-order valence-corrected chi connectivity index (χ0v) is 19.8. The average Bonchev–Trinajstić information content (AvgIpc) is 3.41. The quantitative estimate of drug-likeness (QED) is 0.670. The molecule has 5 aliphatic rings. The summed E-state index contributed by atoms with van der Waals surface area (Å²) in [5, 5.41) is 13.3. The Morgan fingerprint density at radius 2 is 2.03 bits per heavy atom. The number of hydrogen-bond acceptors (Lipinski definition) is 4. The summed E-state index contributed by atoms with van der Waals surface area (Å²) < 4.78 is 8.37. The van der Waals surface area contributed by atoms with Crippen LogP contribution in [-0.4, -0.2) is 27.8 Å². The van der Waals surface area contributed by atoms with E-state index in [1.54, 1.807) is 16.9 Å². The lowest BCUT2D eigenvalue weighted by molar-refractivity contribution is -0.136. The Labute approximate surface area is 191 Å². The Morgan fingerprint density at radius 3 is 2.81 bits per heavy atom. The van der Waals surface area contributed by atoms with Crippen LogP contribution in [0.4, 0.5) is 0 Å². The lowest BCUT2D eigenvalue weighted by atomic mass is 9.43. The summed E-state index contributed by atoms with van der Waals surface area (Å²) >= 11 is 0. The maximum absolute atomic E-state index is 13.4. The Morgan fingerprint density at radius 1 is 1.19 bits per heavy atom. The number of hydrogen-bond donors (Lipinski definition) is 0. The van der Waals surface area contributed by atoms with Crippen molar-refractivity contribution in [2.45, 2.75) is 90.9 Å². The first-order chi connectivity index (χ1) is 15.4. The normalized spacial score (nSPS) is 49.1. The molecule has 1 saturated heterocycles. The van der Waals surface area contributed by atoms with Gasteiger partial charge in [0.25, 0.3) is 0 Å². The molecule has 32 heavy (non-hydrogen) atoms. The van der Waals surface area contributed by atoms with E-state index in [4.69, 9.17) is 10.00 Å². The summed E-state index contributed by atoms with van der Waals surface area (Å²) in [6, 6.07) is 3.75. The third kappa shape index (κ3) is 2.71. The highest BCUT2D eigenvalue weighted by molar-refractivity contribution is 5.82. The number of fused-ring (bicyclic) bond motifs is 3. The fraction of sp³-hybridized carbons (Fsp3) is 0.815. The van der Waals surface area contributed by atoms with E-state index in [-0.39, 0.29) is 11.3 Å². The van der Waals surface area contributed by atoms with E-state index in [9.17, 15) is 4.79 Å². The molecular formula is C27H37N3O2. The molecule has 2 heterocycles. The highest BCUT2D eigenvalue weighted by Crippen LogP contribution is 2.71. The van der Waals surface area contributed by atoms with Crippen LogP contribution >= 0.6 is 0 Å². The molecule has 5 heteroatoms. The standard InChI is InChI=1S/C27H37N3O2/c1-16-6-10-27-17(2)32-25(23(27)12-16)13-19-20-4-5-22(26(20,3)9-7-21(19)27)24(31)15-30-11-8-18(14-28)29-30/h8,11,16-17,19-23,25H,4-7,9-10,12-13,15H2,1-3H3. The van der Waals surface area contributed by atoms with Crippen LogP contribution in [0.5, 0.6) is 0 Å². The molecule has 0 spiro atoms. The molecule has 172 valence electrons. The molecule has 0 radical (unpaired) electrons. The lowest BCUT2D eigenvalue weighted by Crippen LogP contribution is -2.57. The minimum absolute atomic E-state index is 0.109. The van der Waals surface area contributed by atoms with Gasteiger partial charge in [-0.3, -0.25) is 9.48 Å². The summed E-state index contributed by atoms with van der Waals surface area (Å²) in [7, 11) is 0. The van der Waals surface area contributed by atoms with Gasteiger partial charge in [0.15, 0.2) is 11.5 Å². The van der Waals surface area contributed by atoms with Crippen molar-refractivity contribution in [3.05, 3.63) is 18.0 Å². The average molecular weight is 436 g/mol. The van der Waals surface area contributed by atoms with Gasteiger partial charge in [0.1, 0.15) is 6.07 Å². The smallest absolute Gasteiger partial charge is 0.162 e. The maximum atomic E-state index is 13.4. The molecule has 4 saturated carbocycles. The molecule has 5 fully saturated rings. The number of rotatable bonds is 3. The molecule has 10 unspecified atom stereocenters. The SMILES string of the molecule is CC1CCC23C(C)OC(CC4C5CCC(C(=O)Cn6ccc(C#N)n6)C5(C)CCC42)C3C1. The molecule has 6 rings (SSSR count). The number of ketones is 1. The molecule has 1 aliphatic heterocycles. The first-order valence-corrected chi connectivity index (χ1v) is 13.0. The predicted molar refractivity (Wildman–Crippen MR) is 120 cm³/mol. The van der Waals surface area contributed by atoms with Gasteiger partial charge in [-0.2, -0.15) is 10.4 Å². The van der Waals surface area contributed by atoms with Crippen LogP contribution in [0.2, 0.25) is 0 Å². The minimum atomic E-state index is 0.109. The number of aromatic nitrogens is 2. The summed E-state index contributed by atoms with van der Waals surface area (Å²) in [6.45, 7) is 7.54. The van der Waals surface area contributed by atoms with Gasteiger partial charge < -0.3 is 4.74 Å². The molecule has 4 aliphatic carbocycles. The molecule has 5 nitrogen and oxygen atoms in total. The van der Waals surface area contributed by atoms with Gasteiger partial charge in [0, 0.05) is 17.5 Å². The molecule has 2 bridgehead atoms. The van der Waals surface area contributed by atoms with Crippen LogP contribution in [0, 0.1) is 57.7 Å². The van der Waals surface area contributed by atoms with Crippen LogP contribution in [0.3, 0.4) is 0 Å². The number of nitrogens with zero attached hydrogens (tertiary/aromatic N) is 3. The second kappa shape index (κ2) is 7.16. The minimum Gasteiger partial charge on any atom is -0.374 e. The summed E-state index contributed by atoms with van der Waals surface area (Å²) in [4.78, 5) is 13.4. The van der Waals surface area contributed by atoms with Crippen LogP contribution in [-0.2, 0) is 16.1 Å². The number of nitriles is 1. The van der Waals surface area contributed by atoms with Crippen LogP contribution in [0.1, 0.15) is 77.8 Å². The number of Topliss-reactive ketones (excluding diaryl/α,β-unsaturated/α-hetero) is 1. The van der Waals surface area contributed by atoms with E-state index in [0.29, 0.717) is 41.6 Å². The van der Waals surface area contributed by atoms with Crippen molar-refractivity contribution < 1.29 is 9.53 Å². The highest BCUT2D eigenvalue weighted by Gasteiger charge is 2.68. The van der Waals surface area contributed by atoms with Gasteiger partial charge in [-0.25, -0.2) is 0 Å². The van der Waals surface area contributed by atoms with Crippen molar-refractivity contribution in [2.24, 2.45) is 46.3 Å². The zero-order valence-electron chi connectivity index (χ0n) is 19.8. The largest absolute Gasteiger partial charge is 0.374 e. The molecule has 0 aromatic carbocycles. The van der Waals surface area contributed by atoms with Gasteiger partial charge >= 0.3 is 0 Å². The van der Waals surface area contributed by atoms with E-state index in [0.717, 1.165) is 30.1 Å². The fourth-order valence-corrected chi connectivity index (χ4v) is 9.78. The molecular weight excluding hydrogens is 398 g/mol. The summed E-state index contributed by atoms with van der Waals surface area (Å²) in [5.41, 5.74) is 0.889. The Kier molecular flexibility index (Phi) is 4.68. The zero-order chi connectivity index (χ0) is 22.3. The van der Waals surface area contributed by atoms with E-state index >= 15 is 0 Å². The molecule has 0 amide bonds. The molecule has 0 N–H and O–H groups in total. The van der Waals surface area contributed by atoms with Crippen molar-refractivity contribution in [3.8, 4) is 6.07 Å². The van der Waals surface area contributed by atoms with Crippen LogP contribution in [0.15, 0.2) is 12.3 Å². The van der Waals surface area contributed by atoms with Crippen molar-refractivity contribution in [2.75, 3.05) is 0 Å². The van der Waals surface area contributed by atoms with Gasteiger partial charge in [-0.1, -0.05) is 20.3 Å². The number of carbonyl (C=O) groups is 1. The van der Waals surface area contributed by atoms with Gasteiger partial charge in [-0.05, 0) is 92.9 Å². The molecule has 1 aromatic heterocycles. The fourth-order valence-electron chi connectivity index (χ4n) is 9.78. The van der Waals surface area contributed by atoms with Crippen molar-refractivity contribution >= 4 is 5.78 Å². The monoisotopic (exact) mass is 435 g/mol. The first kappa shape index (κ1) is 20.9. The topological polar surface area (TPSA) is 67.9 Å². The van der Waals surface area contributed by atoms with Gasteiger partial charge in [0.05, 0.1) is 18.8 Å². The third-order valence-electron chi connectivity index (χ3n) is 11.1. The van der Waals surface area contributed by atoms with Gasteiger partial charge in [-0.15, -0.1) is 0 Å². The lowest BCUT2D eigenvalue weighted by Gasteiger charge is -2.60. The van der Waals surface area contributed by atoms with Crippen LogP contribution in [0.25, 0.3) is 0 Å². The molecule has 10 atom stereocenters. The Bertz CT molecular complexity index is 964. The van der Waals surface area contributed by atoms with E-state index in [1.807, 2.05) is 0 Å². The third-order valence-corrected chi connectivity index (χ3v) is 11.1. The van der Waals surface area contributed by atoms with Crippen LogP contribution < -0.4 is 0 Å². The Hall–Kier alpha value is -1.67. The van der Waals surface area contributed by atoms with Crippen molar-refractivity contribution in [1.29, 1.82) is 5.26 Å². The van der Waals surface area contributed by atoms with E-state index < -0.39 is 0 Å². The second-order valence-electron chi connectivity index (χ2n) is 12.2. The molecule has 1 aromatic rings. The van der Waals surface area contributed by atoms with Gasteiger partial charge in [0.2, 0.25) is 0 Å². The first-order valence-electron chi connectivity index (χ1n) is 13.0. The number of carbonyl (C=O) groups excluding carboxylic acids is 1. The highest BCUT2D eigenvalue weighted by atomic mass is 16.5. The summed E-state index contributed by atoms with van der Waals surface area (Å²) in [5.74, 6) is 4.20. The van der Waals surface area contributed by atoms with Crippen molar-refractivity contribution in [1.82, 2.24) is 9.78 Å². The van der Waals surface area contributed by atoms with Crippen molar-refractivity contribution in [3.63, 3.8) is 0 Å². The maximum Gasteiger partial charge on any atom is 0.162 e. The van der Waals surface area contributed by atoms with E-state index in [2.05, 4.69) is 31.9 Å². The number of ether oxygens (including phenoxy) is 1. The summed E-state index contributed by atoms with van der Waals surface area (Å²) in [6.07, 6.45) is 12.6.